The molecule has 0 saturated carbocycles. The Morgan fingerprint density at radius 2 is 2.36 bits per heavy atom. The molecule has 0 radical (unpaired) electrons. The Morgan fingerprint density at radius 3 is 3.07 bits per heavy atom. The second kappa shape index (κ2) is 3.35. The minimum atomic E-state index is -0.662. The maximum Gasteiger partial charge on any atom is 0.107 e. The molecule has 2 nitrogen and oxygen atoms in total. The number of aromatic nitrogens is 1. The Labute approximate surface area is 85.0 Å². The van der Waals surface area contributed by atoms with Crippen LogP contribution in [0.2, 0.25) is 0 Å². The van der Waals surface area contributed by atoms with Gasteiger partial charge in [-0.3, -0.25) is 4.98 Å². The van der Waals surface area contributed by atoms with Gasteiger partial charge in [0.25, 0.3) is 0 Å². The van der Waals surface area contributed by atoms with Crippen LogP contribution in [0.3, 0.4) is 0 Å². The molecule has 2 rings (SSSR count). The van der Waals surface area contributed by atoms with Crippen LogP contribution in [0.1, 0.15) is 37.9 Å². The van der Waals surface area contributed by atoms with Crippen molar-refractivity contribution in [2.45, 2.75) is 38.7 Å². The minimum Gasteiger partial charge on any atom is -0.384 e. The monoisotopic (exact) mass is 191 g/mol. The predicted molar refractivity (Wildman–Crippen MR) is 55.9 cm³/mol. The standard InChI is InChI=1S/C12H17NO/c1-9(2)8-12(14)6-5-10-4-3-7-13-11(10)12/h3-4,7,9,14H,5-6,8H2,1-2H3. The van der Waals surface area contributed by atoms with Crippen LogP contribution in [0.4, 0.5) is 0 Å². The van der Waals surface area contributed by atoms with E-state index in [1.54, 1.807) is 6.20 Å². The van der Waals surface area contributed by atoms with Gasteiger partial charge < -0.3 is 5.11 Å². The zero-order chi connectivity index (χ0) is 10.2. The lowest BCUT2D eigenvalue weighted by Gasteiger charge is -2.24. The molecule has 0 amide bonds. The number of aliphatic hydroxyl groups is 1. The number of rotatable bonds is 2. The van der Waals surface area contributed by atoms with Crippen LogP contribution >= 0.6 is 0 Å². The van der Waals surface area contributed by atoms with Crippen molar-refractivity contribution in [2.75, 3.05) is 0 Å². The molecular weight excluding hydrogens is 174 g/mol. The van der Waals surface area contributed by atoms with E-state index in [-0.39, 0.29) is 0 Å². The van der Waals surface area contributed by atoms with Gasteiger partial charge in [0.05, 0.1) is 5.69 Å². The first-order valence-corrected chi connectivity index (χ1v) is 5.28. The molecule has 1 aliphatic carbocycles. The summed E-state index contributed by atoms with van der Waals surface area (Å²) in [4.78, 5) is 4.32. The second-order valence-electron chi connectivity index (χ2n) is 4.64. The van der Waals surface area contributed by atoms with Crippen LogP contribution in [0, 0.1) is 5.92 Å². The molecule has 1 aromatic rings. The number of aryl methyl sites for hydroxylation is 1. The topological polar surface area (TPSA) is 33.1 Å². The molecule has 0 aromatic carbocycles. The van der Waals surface area contributed by atoms with Crippen LogP contribution in [0.15, 0.2) is 18.3 Å². The Bertz CT molecular complexity index is 335. The smallest absolute Gasteiger partial charge is 0.107 e. The zero-order valence-corrected chi connectivity index (χ0v) is 8.83. The number of hydrogen-bond acceptors (Lipinski definition) is 2. The molecule has 0 fully saturated rings. The molecule has 0 aliphatic heterocycles. The van der Waals surface area contributed by atoms with Crippen molar-refractivity contribution in [2.24, 2.45) is 5.92 Å². The van der Waals surface area contributed by atoms with Crippen LogP contribution in [0.5, 0.6) is 0 Å². The highest BCUT2D eigenvalue weighted by Gasteiger charge is 2.38. The van der Waals surface area contributed by atoms with Gasteiger partial charge >= 0.3 is 0 Å². The van der Waals surface area contributed by atoms with Crippen LogP contribution < -0.4 is 0 Å². The normalized spacial score (nSPS) is 25.4. The molecule has 0 saturated heterocycles. The Kier molecular flexibility index (Phi) is 2.31. The van der Waals surface area contributed by atoms with E-state index in [4.69, 9.17) is 0 Å². The third-order valence-corrected chi connectivity index (χ3v) is 2.89. The van der Waals surface area contributed by atoms with Crippen LogP contribution in [-0.2, 0) is 12.0 Å². The first-order valence-electron chi connectivity index (χ1n) is 5.28. The summed E-state index contributed by atoms with van der Waals surface area (Å²) in [5, 5.41) is 10.5. The third-order valence-electron chi connectivity index (χ3n) is 2.89. The van der Waals surface area contributed by atoms with Gasteiger partial charge in [0, 0.05) is 6.20 Å². The fourth-order valence-electron chi connectivity index (χ4n) is 2.39. The number of pyridine rings is 1. The van der Waals surface area contributed by atoms with Crippen molar-refractivity contribution in [3.8, 4) is 0 Å². The van der Waals surface area contributed by atoms with Crippen molar-refractivity contribution in [3.63, 3.8) is 0 Å². The average Bonchev–Trinajstić information content (AvgIpc) is 2.44. The average molecular weight is 191 g/mol. The van der Waals surface area contributed by atoms with Crippen molar-refractivity contribution in [3.05, 3.63) is 29.6 Å². The van der Waals surface area contributed by atoms with E-state index in [1.807, 2.05) is 6.07 Å². The molecule has 1 heterocycles. The van der Waals surface area contributed by atoms with E-state index in [2.05, 4.69) is 24.9 Å². The van der Waals surface area contributed by atoms with E-state index in [1.165, 1.54) is 5.56 Å². The van der Waals surface area contributed by atoms with Gasteiger partial charge in [0.1, 0.15) is 5.60 Å². The minimum absolute atomic E-state index is 0.507. The number of nitrogens with zero attached hydrogens (tertiary/aromatic N) is 1. The molecule has 1 aromatic heterocycles. The largest absolute Gasteiger partial charge is 0.384 e. The van der Waals surface area contributed by atoms with E-state index in [9.17, 15) is 5.11 Å². The lowest BCUT2D eigenvalue weighted by Crippen LogP contribution is -2.25. The highest BCUT2D eigenvalue weighted by Crippen LogP contribution is 2.39. The van der Waals surface area contributed by atoms with Crippen molar-refractivity contribution < 1.29 is 5.11 Å². The van der Waals surface area contributed by atoms with E-state index < -0.39 is 5.60 Å². The fourth-order valence-corrected chi connectivity index (χ4v) is 2.39. The molecule has 1 aliphatic rings. The van der Waals surface area contributed by atoms with E-state index in [0.29, 0.717) is 5.92 Å². The summed E-state index contributed by atoms with van der Waals surface area (Å²) in [6.45, 7) is 4.28. The van der Waals surface area contributed by atoms with Crippen LogP contribution in [-0.4, -0.2) is 10.1 Å². The first-order chi connectivity index (χ1) is 6.62. The van der Waals surface area contributed by atoms with Gasteiger partial charge in [-0.2, -0.15) is 0 Å². The van der Waals surface area contributed by atoms with Gasteiger partial charge in [-0.25, -0.2) is 0 Å². The molecule has 1 unspecified atom stereocenters. The van der Waals surface area contributed by atoms with Crippen molar-refractivity contribution in [1.82, 2.24) is 4.98 Å². The molecule has 0 bridgehead atoms. The Balaban J connectivity index is 2.32. The highest BCUT2D eigenvalue weighted by atomic mass is 16.3. The number of fused-ring (bicyclic) bond motifs is 1. The molecule has 0 spiro atoms. The summed E-state index contributed by atoms with van der Waals surface area (Å²) < 4.78 is 0. The molecule has 1 atom stereocenters. The van der Waals surface area contributed by atoms with Gasteiger partial charge in [0.15, 0.2) is 0 Å². The van der Waals surface area contributed by atoms with Gasteiger partial charge in [-0.15, -0.1) is 0 Å². The van der Waals surface area contributed by atoms with Crippen molar-refractivity contribution in [1.29, 1.82) is 0 Å². The summed E-state index contributed by atoms with van der Waals surface area (Å²) in [6, 6.07) is 4.01. The Hall–Kier alpha value is -0.890. The molecule has 1 N–H and O–H groups in total. The molecular formula is C12H17NO. The predicted octanol–water partition coefficient (Wildman–Crippen LogP) is 2.26. The lowest BCUT2D eigenvalue weighted by molar-refractivity contribution is 0.0135. The quantitative estimate of drug-likeness (QED) is 0.777. The lowest BCUT2D eigenvalue weighted by atomic mass is 9.90. The second-order valence-corrected chi connectivity index (χ2v) is 4.64. The SMILES string of the molecule is CC(C)CC1(O)CCc2cccnc21. The summed E-state index contributed by atoms with van der Waals surface area (Å²) >= 11 is 0. The van der Waals surface area contributed by atoms with E-state index >= 15 is 0 Å². The van der Waals surface area contributed by atoms with Gasteiger partial charge in [-0.1, -0.05) is 19.9 Å². The van der Waals surface area contributed by atoms with Gasteiger partial charge in [-0.05, 0) is 36.8 Å². The zero-order valence-electron chi connectivity index (χ0n) is 8.83. The molecule has 14 heavy (non-hydrogen) atoms. The van der Waals surface area contributed by atoms with Crippen LogP contribution in [0.25, 0.3) is 0 Å². The highest BCUT2D eigenvalue weighted by molar-refractivity contribution is 5.30. The Morgan fingerprint density at radius 1 is 1.57 bits per heavy atom. The maximum atomic E-state index is 10.5. The summed E-state index contributed by atoms with van der Waals surface area (Å²) in [5.41, 5.74) is 1.47. The maximum absolute atomic E-state index is 10.5. The summed E-state index contributed by atoms with van der Waals surface area (Å²) in [5.74, 6) is 0.507. The molecule has 2 heteroatoms. The number of hydrogen-bond donors (Lipinski definition) is 1. The molecule has 76 valence electrons. The van der Waals surface area contributed by atoms with Crippen molar-refractivity contribution >= 4 is 0 Å². The summed E-state index contributed by atoms with van der Waals surface area (Å²) in [6.07, 6.45) is 4.39. The van der Waals surface area contributed by atoms with Gasteiger partial charge in [0.2, 0.25) is 0 Å². The third kappa shape index (κ3) is 1.55. The fraction of sp³-hybridized carbons (Fsp3) is 0.583. The summed E-state index contributed by atoms with van der Waals surface area (Å²) in [7, 11) is 0. The first kappa shape index (κ1) is 9.66. The van der Waals surface area contributed by atoms with E-state index in [0.717, 1.165) is 25.0 Å².